The first kappa shape index (κ1) is 5.22. The third kappa shape index (κ3) is 0.500. The number of imidazole rings is 1. The van der Waals surface area contributed by atoms with Crippen molar-refractivity contribution in [2.24, 2.45) is 0 Å². The van der Waals surface area contributed by atoms with Gasteiger partial charge in [-0.05, 0) is 0 Å². The Balaban J connectivity index is 3.18. The van der Waals surface area contributed by atoms with E-state index in [4.69, 9.17) is 9.93 Å². The predicted molar refractivity (Wildman–Crippen MR) is 34.1 cm³/mol. The highest BCUT2D eigenvalue weighted by atomic mass is 16.5. The van der Waals surface area contributed by atoms with Crippen LogP contribution in [0.25, 0.3) is 12.1 Å². The number of aromatic nitrogens is 2. The van der Waals surface area contributed by atoms with Gasteiger partial charge < -0.3 is 4.52 Å². The van der Waals surface area contributed by atoms with Crippen LogP contribution in [0, 0.1) is 5.41 Å². The first-order chi connectivity index (χ1) is 4.77. The number of hydrogen-bond donors (Lipinski definition) is 1. The van der Waals surface area contributed by atoms with E-state index in [1.165, 1.54) is 4.57 Å². The number of rotatable bonds is 0. The molecule has 2 rings (SSSR count). The van der Waals surface area contributed by atoms with Crippen LogP contribution in [0.3, 0.4) is 0 Å². The maximum Gasteiger partial charge on any atom is 0.241 e. The molecule has 0 bridgehead atoms. The quantitative estimate of drug-likeness (QED) is 0.531. The van der Waals surface area contributed by atoms with E-state index in [1.807, 2.05) is 0 Å². The molecule has 0 aliphatic heterocycles. The third-order valence-corrected chi connectivity index (χ3v) is 1.28. The molecule has 0 saturated carbocycles. The second-order valence-electron chi connectivity index (χ2n) is 1.99. The van der Waals surface area contributed by atoms with Gasteiger partial charge in [0.15, 0.2) is 5.48 Å². The molecule has 2 heterocycles. The summed E-state index contributed by atoms with van der Waals surface area (Å²) in [5, 5.41) is 7.09. The van der Waals surface area contributed by atoms with Gasteiger partial charge >= 0.3 is 0 Å². The van der Waals surface area contributed by atoms with Gasteiger partial charge in [-0.2, -0.15) is 4.57 Å². The van der Waals surface area contributed by atoms with E-state index in [-0.39, 0.29) is 5.55 Å². The lowest BCUT2D eigenvalue weighted by molar-refractivity contribution is 0.328. The molecule has 0 aromatic carbocycles. The summed E-state index contributed by atoms with van der Waals surface area (Å²) >= 11 is 0. The Labute approximate surface area is 55.9 Å². The third-order valence-electron chi connectivity index (χ3n) is 1.28. The van der Waals surface area contributed by atoms with E-state index < -0.39 is 0 Å². The average Bonchev–Trinajstić information content (AvgIpc) is 2.35. The molecule has 0 saturated heterocycles. The zero-order chi connectivity index (χ0) is 7.14. The van der Waals surface area contributed by atoms with E-state index in [0.29, 0.717) is 5.48 Å². The maximum atomic E-state index is 7.09. The van der Waals surface area contributed by atoms with Crippen LogP contribution in [0.1, 0.15) is 0 Å². The molecule has 0 radical (unpaired) electrons. The Morgan fingerprint density at radius 2 is 2.50 bits per heavy atom. The lowest BCUT2D eigenvalue weighted by Crippen LogP contribution is -2.07. The maximum absolute atomic E-state index is 7.09. The second-order valence-corrected chi connectivity index (χ2v) is 1.99. The minimum absolute atomic E-state index is 0.127. The van der Waals surface area contributed by atoms with Crippen LogP contribution in [0.2, 0.25) is 0 Å². The Morgan fingerprint density at radius 1 is 1.70 bits per heavy atom. The molecular formula is C6H5N3O. The van der Waals surface area contributed by atoms with Crippen LogP contribution in [0.15, 0.2) is 16.8 Å². The van der Waals surface area contributed by atoms with Gasteiger partial charge in [-0.25, -0.2) is 4.98 Å². The molecule has 4 heteroatoms. The molecule has 2 aromatic rings. The molecule has 0 fully saturated rings. The summed E-state index contributed by atoms with van der Waals surface area (Å²) < 4.78 is 6.32. The lowest BCUT2D eigenvalue weighted by atomic mass is 10.6. The summed E-state index contributed by atoms with van der Waals surface area (Å²) in [5.74, 6) is 0. The molecule has 10 heavy (non-hydrogen) atoms. The molecule has 0 atom stereocenters. The highest BCUT2D eigenvalue weighted by molar-refractivity contribution is 5.41. The van der Waals surface area contributed by atoms with Gasteiger partial charge in [0.2, 0.25) is 5.55 Å². The summed E-state index contributed by atoms with van der Waals surface area (Å²) in [5.41, 5.74) is 1.42. The SMILES string of the molecule is C=c1ncc2cc(=N)on12. The normalized spacial score (nSPS) is 10.8. The number of nitrogens with zero attached hydrogens (tertiary/aromatic N) is 2. The molecule has 2 aromatic heterocycles. The monoisotopic (exact) mass is 135 g/mol. The van der Waals surface area contributed by atoms with E-state index in [9.17, 15) is 0 Å². The minimum atomic E-state index is 0.127. The van der Waals surface area contributed by atoms with Gasteiger partial charge in [0.1, 0.15) is 5.52 Å². The zero-order valence-corrected chi connectivity index (χ0v) is 5.16. The second kappa shape index (κ2) is 1.47. The van der Waals surface area contributed by atoms with Crippen LogP contribution >= 0.6 is 0 Å². The van der Waals surface area contributed by atoms with Gasteiger partial charge in [0, 0.05) is 6.07 Å². The largest absolute Gasteiger partial charge is 0.353 e. The van der Waals surface area contributed by atoms with Crippen molar-refractivity contribution in [3.05, 3.63) is 23.3 Å². The zero-order valence-electron chi connectivity index (χ0n) is 5.16. The fraction of sp³-hybridized carbons (Fsp3) is 0. The van der Waals surface area contributed by atoms with Crippen LogP contribution < -0.4 is 11.0 Å². The predicted octanol–water partition coefficient (Wildman–Crippen LogP) is -0.464. The Bertz CT molecular complexity index is 453. The van der Waals surface area contributed by atoms with Crippen LogP contribution in [-0.4, -0.2) is 9.56 Å². The van der Waals surface area contributed by atoms with E-state index >= 15 is 0 Å². The topological polar surface area (TPSA) is 54.3 Å². The van der Waals surface area contributed by atoms with E-state index in [1.54, 1.807) is 12.3 Å². The van der Waals surface area contributed by atoms with Crippen molar-refractivity contribution in [3.63, 3.8) is 0 Å². The van der Waals surface area contributed by atoms with Gasteiger partial charge in [0.05, 0.1) is 6.20 Å². The van der Waals surface area contributed by atoms with E-state index in [2.05, 4.69) is 11.6 Å². The number of nitrogens with one attached hydrogen (secondary N) is 1. The molecule has 0 spiro atoms. The van der Waals surface area contributed by atoms with Crippen molar-refractivity contribution < 1.29 is 4.52 Å². The van der Waals surface area contributed by atoms with Crippen molar-refractivity contribution >= 4 is 12.1 Å². The fourth-order valence-corrected chi connectivity index (χ4v) is 0.855. The highest BCUT2D eigenvalue weighted by Crippen LogP contribution is 1.91. The highest BCUT2D eigenvalue weighted by Gasteiger charge is 1.96. The summed E-state index contributed by atoms with van der Waals surface area (Å²) in [6, 6.07) is 1.58. The standard InChI is InChI=1S/C6H5N3O/c1-4-8-3-5-2-6(7)10-9(4)5/h2-3,7H,1H2. The van der Waals surface area contributed by atoms with Crippen molar-refractivity contribution in [1.82, 2.24) is 9.56 Å². The molecule has 0 aliphatic rings. The first-order valence-corrected chi connectivity index (χ1v) is 2.79. The Morgan fingerprint density at radius 3 is 3.20 bits per heavy atom. The Hall–Kier alpha value is -1.58. The average molecular weight is 135 g/mol. The van der Waals surface area contributed by atoms with Gasteiger partial charge in [0.25, 0.3) is 0 Å². The van der Waals surface area contributed by atoms with Gasteiger partial charge in [-0.3, -0.25) is 5.41 Å². The summed E-state index contributed by atoms with van der Waals surface area (Å²) in [7, 11) is 0. The fourth-order valence-electron chi connectivity index (χ4n) is 0.855. The summed E-state index contributed by atoms with van der Waals surface area (Å²) in [6.45, 7) is 3.60. The molecule has 0 aliphatic carbocycles. The van der Waals surface area contributed by atoms with Crippen LogP contribution in [-0.2, 0) is 0 Å². The minimum Gasteiger partial charge on any atom is -0.353 e. The van der Waals surface area contributed by atoms with Gasteiger partial charge in [-0.15, -0.1) is 0 Å². The molecular weight excluding hydrogens is 130 g/mol. The van der Waals surface area contributed by atoms with Crippen molar-refractivity contribution in [2.75, 3.05) is 0 Å². The van der Waals surface area contributed by atoms with Crippen LogP contribution in [0.5, 0.6) is 0 Å². The van der Waals surface area contributed by atoms with Crippen molar-refractivity contribution in [1.29, 1.82) is 5.41 Å². The van der Waals surface area contributed by atoms with E-state index in [0.717, 1.165) is 5.52 Å². The lowest BCUT2D eigenvalue weighted by Gasteiger charge is -1.75. The Kier molecular flexibility index (Phi) is 0.768. The smallest absolute Gasteiger partial charge is 0.241 e. The van der Waals surface area contributed by atoms with Gasteiger partial charge in [-0.1, -0.05) is 6.58 Å². The number of hydrogen-bond acceptors (Lipinski definition) is 3. The number of fused-ring (bicyclic) bond motifs is 1. The molecule has 0 unspecified atom stereocenters. The summed E-state index contributed by atoms with van der Waals surface area (Å²) in [4.78, 5) is 3.87. The molecule has 0 amide bonds. The van der Waals surface area contributed by atoms with Crippen molar-refractivity contribution in [3.8, 4) is 0 Å². The summed E-state index contributed by atoms with van der Waals surface area (Å²) in [6.07, 6.45) is 1.61. The molecule has 1 N–H and O–H groups in total. The van der Waals surface area contributed by atoms with Crippen molar-refractivity contribution in [2.45, 2.75) is 0 Å². The van der Waals surface area contributed by atoms with Crippen LogP contribution in [0.4, 0.5) is 0 Å². The molecule has 4 nitrogen and oxygen atoms in total. The first-order valence-electron chi connectivity index (χ1n) is 2.79. The molecule has 50 valence electrons.